The fourth-order valence-corrected chi connectivity index (χ4v) is 4.56. The van der Waals surface area contributed by atoms with E-state index in [1.807, 2.05) is 0 Å². The van der Waals surface area contributed by atoms with Crippen molar-refractivity contribution in [2.45, 2.75) is 23.9 Å². The molecule has 0 amide bonds. The molecule has 170 valence electrons. The van der Waals surface area contributed by atoms with Gasteiger partial charge >= 0.3 is 10.2 Å². The Morgan fingerprint density at radius 3 is 2.77 bits per heavy atom. The average Bonchev–Trinajstić information content (AvgIpc) is 2.75. The molecular weight excluding hydrogens is 454 g/mol. The summed E-state index contributed by atoms with van der Waals surface area (Å²) in [4.78, 5) is 8.32. The van der Waals surface area contributed by atoms with Crippen LogP contribution in [0.4, 0.5) is 14.6 Å². The minimum absolute atomic E-state index is 0.0122. The van der Waals surface area contributed by atoms with E-state index in [0.717, 1.165) is 17.8 Å². The number of anilines is 1. The van der Waals surface area contributed by atoms with Crippen molar-refractivity contribution in [2.24, 2.45) is 0 Å². The van der Waals surface area contributed by atoms with Crippen LogP contribution in [0.25, 0.3) is 0 Å². The van der Waals surface area contributed by atoms with Crippen molar-refractivity contribution in [1.82, 2.24) is 14.3 Å². The number of benzene rings is 1. The molecule has 0 spiro atoms. The lowest BCUT2D eigenvalue weighted by Crippen LogP contribution is -2.43. The van der Waals surface area contributed by atoms with Gasteiger partial charge in [-0.05, 0) is 13.0 Å². The molecule has 1 fully saturated rings. The molecule has 0 bridgehead atoms. The molecule has 1 atom stereocenters. The van der Waals surface area contributed by atoms with Crippen LogP contribution in [-0.4, -0.2) is 66.8 Å². The summed E-state index contributed by atoms with van der Waals surface area (Å²) < 4.78 is 66.9. The van der Waals surface area contributed by atoms with E-state index in [1.54, 1.807) is 6.92 Å². The third kappa shape index (κ3) is 6.46. The maximum atomic E-state index is 13.9. The number of hydrogen-bond acceptors (Lipinski definition) is 8. The summed E-state index contributed by atoms with van der Waals surface area (Å²) in [6.45, 7) is 2.29. The molecule has 9 nitrogen and oxygen atoms in total. The second-order valence-corrected chi connectivity index (χ2v) is 9.22. The van der Waals surface area contributed by atoms with Gasteiger partial charge < -0.3 is 14.6 Å². The molecule has 0 saturated carbocycles. The number of thioether (sulfide) groups is 1. The lowest BCUT2D eigenvalue weighted by molar-refractivity contribution is 0.0733. The van der Waals surface area contributed by atoms with E-state index in [9.17, 15) is 22.3 Å². The fraction of sp³-hybridized carbons (Fsp3) is 0.444. The lowest BCUT2D eigenvalue weighted by Gasteiger charge is -2.26. The Morgan fingerprint density at radius 1 is 1.32 bits per heavy atom. The second-order valence-electron chi connectivity index (χ2n) is 6.61. The van der Waals surface area contributed by atoms with Gasteiger partial charge in [-0.3, -0.25) is 4.72 Å². The SMILES string of the molecule is CC(CO)Oc1cc(NS(=O)(=O)N2CCOCC2)nc(SCc2cccc(F)c2F)n1. The van der Waals surface area contributed by atoms with Crippen molar-refractivity contribution in [3.05, 3.63) is 41.5 Å². The van der Waals surface area contributed by atoms with Gasteiger partial charge in [0.15, 0.2) is 16.8 Å². The summed E-state index contributed by atoms with van der Waals surface area (Å²) in [5, 5.41) is 9.31. The number of nitrogens with zero attached hydrogens (tertiary/aromatic N) is 3. The van der Waals surface area contributed by atoms with Crippen LogP contribution in [0.5, 0.6) is 5.88 Å². The van der Waals surface area contributed by atoms with E-state index in [-0.39, 0.29) is 61.1 Å². The number of aliphatic hydroxyl groups is 1. The lowest BCUT2D eigenvalue weighted by atomic mass is 10.2. The Kier molecular flexibility index (Phi) is 8.00. The highest BCUT2D eigenvalue weighted by Gasteiger charge is 2.25. The van der Waals surface area contributed by atoms with Crippen molar-refractivity contribution in [3.8, 4) is 5.88 Å². The first-order valence-corrected chi connectivity index (χ1v) is 11.8. The predicted molar refractivity (Wildman–Crippen MR) is 110 cm³/mol. The number of ether oxygens (including phenoxy) is 2. The van der Waals surface area contributed by atoms with Gasteiger partial charge in [0.1, 0.15) is 11.9 Å². The predicted octanol–water partition coefficient (Wildman–Crippen LogP) is 1.80. The Labute approximate surface area is 183 Å². The molecule has 1 aromatic carbocycles. The van der Waals surface area contributed by atoms with Gasteiger partial charge in [-0.2, -0.15) is 17.7 Å². The molecular formula is C18H22F2N4O5S2. The number of hydrogen-bond donors (Lipinski definition) is 2. The largest absolute Gasteiger partial charge is 0.472 e. The van der Waals surface area contributed by atoms with Crippen LogP contribution in [-0.2, 0) is 20.7 Å². The fourth-order valence-electron chi connectivity index (χ4n) is 2.61. The Balaban J connectivity index is 1.82. The van der Waals surface area contributed by atoms with Crippen molar-refractivity contribution < 1.29 is 31.8 Å². The summed E-state index contributed by atoms with van der Waals surface area (Å²) in [7, 11) is -3.89. The topological polar surface area (TPSA) is 114 Å². The highest BCUT2D eigenvalue weighted by molar-refractivity contribution is 7.98. The van der Waals surface area contributed by atoms with Crippen LogP contribution >= 0.6 is 11.8 Å². The highest BCUT2D eigenvalue weighted by atomic mass is 32.2. The first-order chi connectivity index (χ1) is 14.8. The van der Waals surface area contributed by atoms with Crippen LogP contribution in [0.2, 0.25) is 0 Å². The van der Waals surface area contributed by atoms with E-state index >= 15 is 0 Å². The van der Waals surface area contributed by atoms with Gasteiger partial charge in [0.2, 0.25) is 5.88 Å². The normalized spacial score (nSPS) is 16.1. The Hall–Kier alpha value is -2.06. The average molecular weight is 477 g/mol. The Bertz CT molecular complexity index is 1010. The summed E-state index contributed by atoms with van der Waals surface area (Å²) in [5.74, 6) is -1.95. The number of nitrogens with one attached hydrogen (secondary N) is 1. The smallest absolute Gasteiger partial charge is 0.302 e. The number of aromatic nitrogens is 2. The molecule has 31 heavy (non-hydrogen) atoms. The molecule has 1 unspecified atom stereocenters. The molecule has 2 N–H and O–H groups in total. The zero-order valence-corrected chi connectivity index (χ0v) is 18.3. The maximum absolute atomic E-state index is 13.9. The molecule has 0 aliphatic carbocycles. The molecule has 1 aliphatic heterocycles. The molecule has 13 heteroatoms. The number of halogens is 2. The minimum Gasteiger partial charge on any atom is -0.472 e. The number of rotatable bonds is 9. The molecule has 3 rings (SSSR count). The summed E-state index contributed by atoms with van der Waals surface area (Å²) in [6.07, 6.45) is -0.600. The van der Waals surface area contributed by atoms with E-state index in [1.165, 1.54) is 22.5 Å². The third-order valence-corrected chi connectivity index (χ3v) is 6.60. The first-order valence-electron chi connectivity index (χ1n) is 9.36. The van der Waals surface area contributed by atoms with Crippen molar-refractivity contribution in [1.29, 1.82) is 0 Å². The van der Waals surface area contributed by atoms with Crippen molar-refractivity contribution in [2.75, 3.05) is 37.6 Å². The van der Waals surface area contributed by atoms with E-state index in [2.05, 4.69) is 14.7 Å². The van der Waals surface area contributed by atoms with E-state index in [0.29, 0.717) is 0 Å². The zero-order chi connectivity index (χ0) is 22.4. The number of morpholine rings is 1. The highest BCUT2D eigenvalue weighted by Crippen LogP contribution is 2.26. The zero-order valence-electron chi connectivity index (χ0n) is 16.6. The molecule has 1 aliphatic rings. The van der Waals surface area contributed by atoms with Crippen LogP contribution < -0.4 is 9.46 Å². The van der Waals surface area contributed by atoms with Gasteiger partial charge in [-0.15, -0.1) is 0 Å². The van der Waals surface area contributed by atoms with Crippen LogP contribution in [0, 0.1) is 11.6 Å². The van der Waals surface area contributed by atoms with Crippen LogP contribution in [0.3, 0.4) is 0 Å². The second kappa shape index (κ2) is 10.5. The molecule has 0 radical (unpaired) electrons. The Morgan fingerprint density at radius 2 is 2.06 bits per heavy atom. The van der Waals surface area contributed by atoms with Gasteiger partial charge in [-0.25, -0.2) is 13.8 Å². The molecule has 1 aromatic heterocycles. The van der Waals surface area contributed by atoms with Gasteiger partial charge in [0, 0.05) is 30.5 Å². The van der Waals surface area contributed by atoms with Crippen LogP contribution in [0.1, 0.15) is 12.5 Å². The summed E-state index contributed by atoms with van der Waals surface area (Å²) >= 11 is 0.981. The summed E-state index contributed by atoms with van der Waals surface area (Å²) in [5.41, 5.74) is 0.110. The monoisotopic (exact) mass is 476 g/mol. The maximum Gasteiger partial charge on any atom is 0.302 e. The van der Waals surface area contributed by atoms with Crippen LogP contribution in [0.15, 0.2) is 29.4 Å². The quantitative estimate of drug-likeness (QED) is 0.416. The van der Waals surface area contributed by atoms with Crippen molar-refractivity contribution >= 4 is 27.8 Å². The van der Waals surface area contributed by atoms with Gasteiger partial charge in [-0.1, -0.05) is 23.9 Å². The first kappa shape index (κ1) is 23.6. The van der Waals surface area contributed by atoms with E-state index < -0.39 is 27.9 Å². The summed E-state index contributed by atoms with van der Waals surface area (Å²) in [6, 6.07) is 5.13. The van der Waals surface area contributed by atoms with Crippen molar-refractivity contribution in [3.63, 3.8) is 0 Å². The minimum atomic E-state index is -3.89. The standard InChI is InChI=1S/C18H22F2N4O5S2/c1-12(10-25)29-16-9-15(23-31(26,27)24-5-7-28-8-6-24)21-18(22-16)30-11-13-3-2-4-14(19)17(13)20/h2-4,9,12,25H,5-8,10-11H2,1H3,(H,21,22,23). The molecule has 1 saturated heterocycles. The van der Waals surface area contributed by atoms with Gasteiger partial charge in [0.25, 0.3) is 0 Å². The number of aliphatic hydroxyl groups excluding tert-OH is 1. The third-order valence-electron chi connectivity index (χ3n) is 4.19. The van der Waals surface area contributed by atoms with E-state index in [4.69, 9.17) is 9.47 Å². The van der Waals surface area contributed by atoms with Gasteiger partial charge in [0.05, 0.1) is 19.8 Å². The molecule has 2 heterocycles. The molecule has 2 aromatic rings.